The lowest BCUT2D eigenvalue weighted by atomic mass is 9.96. The van der Waals surface area contributed by atoms with Crippen LogP contribution in [0.1, 0.15) is 18.1 Å². The molecule has 82 valence electrons. The first kappa shape index (κ1) is 11.9. The van der Waals surface area contributed by atoms with Crippen LogP contribution in [0.3, 0.4) is 0 Å². The molecule has 1 aliphatic heterocycles. The minimum atomic E-state index is -0.788. The van der Waals surface area contributed by atoms with Crippen LogP contribution in [0.2, 0.25) is 0 Å². The number of aliphatic carboxylic acids is 1. The van der Waals surface area contributed by atoms with Gasteiger partial charge in [-0.2, -0.15) is 0 Å². The number of carboxylic acids is 1. The van der Waals surface area contributed by atoms with Crippen molar-refractivity contribution in [2.45, 2.75) is 12.5 Å². The fourth-order valence-corrected chi connectivity index (χ4v) is 1.72. The first-order chi connectivity index (χ1) is 6.79. The Morgan fingerprint density at radius 2 is 2.13 bits per heavy atom. The molecule has 0 amide bonds. The van der Waals surface area contributed by atoms with Gasteiger partial charge in [-0.05, 0) is 24.1 Å². The third-order valence-electron chi connectivity index (χ3n) is 2.44. The molecule has 4 nitrogen and oxygen atoms in total. The maximum atomic E-state index is 10.9. The van der Waals surface area contributed by atoms with Gasteiger partial charge in [-0.3, -0.25) is 9.78 Å². The number of aromatic nitrogens is 1. The van der Waals surface area contributed by atoms with Gasteiger partial charge in [0.25, 0.3) is 0 Å². The lowest BCUT2D eigenvalue weighted by Crippen LogP contribution is -2.17. The average molecular weight is 230 g/mol. The monoisotopic (exact) mass is 229 g/mol. The van der Waals surface area contributed by atoms with E-state index in [0.29, 0.717) is 13.0 Å². The molecule has 0 aromatic carbocycles. The Morgan fingerprint density at radius 1 is 1.47 bits per heavy atom. The highest BCUT2D eigenvalue weighted by Gasteiger charge is 2.34. The number of nitrogens with zero attached hydrogens (tertiary/aromatic N) is 1. The van der Waals surface area contributed by atoms with Crippen molar-refractivity contribution in [2.75, 3.05) is 6.61 Å². The summed E-state index contributed by atoms with van der Waals surface area (Å²) in [6.07, 6.45) is 3.57. The molecule has 1 saturated heterocycles. The lowest BCUT2D eigenvalue weighted by molar-refractivity contribution is -0.143. The van der Waals surface area contributed by atoms with Crippen LogP contribution in [-0.4, -0.2) is 22.7 Å². The Balaban J connectivity index is 0.00000112. The molecule has 2 heterocycles. The van der Waals surface area contributed by atoms with E-state index in [4.69, 9.17) is 9.84 Å². The van der Waals surface area contributed by atoms with E-state index >= 15 is 0 Å². The molecule has 0 radical (unpaired) electrons. The van der Waals surface area contributed by atoms with Gasteiger partial charge in [-0.1, -0.05) is 0 Å². The normalized spacial score (nSPS) is 24.5. The van der Waals surface area contributed by atoms with Crippen LogP contribution in [0.5, 0.6) is 0 Å². The van der Waals surface area contributed by atoms with Crippen LogP contribution < -0.4 is 0 Å². The van der Waals surface area contributed by atoms with Crippen molar-refractivity contribution in [1.29, 1.82) is 0 Å². The number of pyridine rings is 1. The fraction of sp³-hybridized carbons (Fsp3) is 0.400. The van der Waals surface area contributed by atoms with E-state index in [1.54, 1.807) is 24.5 Å². The Bertz CT molecular complexity index is 331. The molecule has 0 spiro atoms. The van der Waals surface area contributed by atoms with Gasteiger partial charge >= 0.3 is 5.97 Å². The Morgan fingerprint density at radius 3 is 2.73 bits per heavy atom. The van der Waals surface area contributed by atoms with Gasteiger partial charge in [0.1, 0.15) is 0 Å². The van der Waals surface area contributed by atoms with Crippen LogP contribution in [-0.2, 0) is 9.53 Å². The summed E-state index contributed by atoms with van der Waals surface area (Å²) in [7, 11) is 0. The average Bonchev–Trinajstić information content (AvgIpc) is 2.67. The van der Waals surface area contributed by atoms with Crippen molar-refractivity contribution < 1.29 is 14.6 Å². The summed E-state index contributed by atoms with van der Waals surface area (Å²) >= 11 is 0. The van der Waals surface area contributed by atoms with Gasteiger partial charge in [0.2, 0.25) is 0 Å². The second-order valence-electron chi connectivity index (χ2n) is 3.31. The van der Waals surface area contributed by atoms with Crippen molar-refractivity contribution in [3.63, 3.8) is 0 Å². The van der Waals surface area contributed by atoms with Crippen molar-refractivity contribution in [3.05, 3.63) is 30.1 Å². The fourth-order valence-electron chi connectivity index (χ4n) is 1.72. The largest absolute Gasteiger partial charge is 0.481 e. The molecule has 15 heavy (non-hydrogen) atoms. The molecule has 1 aliphatic rings. The number of carbonyl (C=O) groups is 1. The maximum Gasteiger partial charge on any atom is 0.309 e. The summed E-state index contributed by atoms with van der Waals surface area (Å²) in [5.74, 6) is -1.21. The number of hydrogen-bond acceptors (Lipinski definition) is 3. The Labute approximate surface area is 93.7 Å². The molecule has 0 unspecified atom stereocenters. The quantitative estimate of drug-likeness (QED) is 0.838. The van der Waals surface area contributed by atoms with Crippen molar-refractivity contribution >= 4 is 18.4 Å². The third-order valence-corrected chi connectivity index (χ3v) is 2.44. The standard InChI is InChI=1S/C10H11NO3.ClH/c12-10(13)8-3-6-14-9(8)7-1-4-11-5-2-7;/h1-2,4-5,8-9H,3,6H2,(H,12,13);1H/t8-,9+;/m1./s1. The predicted octanol–water partition coefficient (Wildman–Crippen LogP) is 1.67. The van der Waals surface area contributed by atoms with E-state index < -0.39 is 11.9 Å². The van der Waals surface area contributed by atoms with E-state index in [1.165, 1.54) is 0 Å². The molecule has 0 bridgehead atoms. The van der Waals surface area contributed by atoms with Gasteiger partial charge in [0, 0.05) is 19.0 Å². The topological polar surface area (TPSA) is 59.4 Å². The summed E-state index contributed by atoms with van der Waals surface area (Å²) < 4.78 is 5.40. The van der Waals surface area contributed by atoms with Crippen LogP contribution in [0.4, 0.5) is 0 Å². The molecular weight excluding hydrogens is 218 g/mol. The summed E-state index contributed by atoms with van der Waals surface area (Å²) in [5, 5.41) is 8.95. The van der Waals surface area contributed by atoms with Crippen molar-refractivity contribution in [3.8, 4) is 0 Å². The molecule has 5 heteroatoms. The van der Waals surface area contributed by atoms with E-state index in [0.717, 1.165) is 5.56 Å². The molecule has 1 fully saturated rings. The number of hydrogen-bond donors (Lipinski definition) is 1. The van der Waals surface area contributed by atoms with E-state index in [9.17, 15) is 4.79 Å². The summed E-state index contributed by atoms with van der Waals surface area (Å²) in [5.41, 5.74) is 0.893. The zero-order valence-corrected chi connectivity index (χ0v) is 8.81. The first-order valence-corrected chi connectivity index (χ1v) is 4.53. The van der Waals surface area contributed by atoms with E-state index in [2.05, 4.69) is 4.98 Å². The zero-order chi connectivity index (χ0) is 9.97. The van der Waals surface area contributed by atoms with Crippen molar-refractivity contribution in [1.82, 2.24) is 4.98 Å². The highest BCUT2D eigenvalue weighted by molar-refractivity contribution is 5.85. The summed E-state index contributed by atoms with van der Waals surface area (Å²) in [6.45, 7) is 0.518. The van der Waals surface area contributed by atoms with Crippen LogP contribution in [0.25, 0.3) is 0 Å². The molecule has 1 aromatic heterocycles. The second-order valence-corrected chi connectivity index (χ2v) is 3.31. The SMILES string of the molecule is Cl.O=C(O)[C@@H]1CCO[C@H]1c1ccncc1. The molecule has 2 atom stereocenters. The van der Waals surface area contributed by atoms with E-state index in [-0.39, 0.29) is 18.5 Å². The number of rotatable bonds is 2. The number of halogens is 1. The predicted molar refractivity (Wildman–Crippen MR) is 55.9 cm³/mol. The Kier molecular flexibility index (Phi) is 4.05. The number of ether oxygens (including phenoxy) is 1. The molecule has 1 aromatic rings. The molecular formula is C10H12ClNO3. The molecule has 2 rings (SSSR count). The highest BCUT2D eigenvalue weighted by Crippen LogP contribution is 2.34. The number of carboxylic acid groups (broad SMARTS) is 1. The first-order valence-electron chi connectivity index (χ1n) is 4.53. The van der Waals surface area contributed by atoms with Crippen LogP contribution >= 0.6 is 12.4 Å². The smallest absolute Gasteiger partial charge is 0.309 e. The van der Waals surface area contributed by atoms with Crippen molar-refractivity contribution in [2.24, 2.45) is 5.92 Å². The Hall–Kier alpha value is -1.13. The summed E-state index contributed by atoms with van der Waals surface area (Å²) in [6, 6.07) is 3.60. The van der Waals surface area contributed by atoms with Gasteiger partial charge in [0.15, 0.2) is 0 Å². The molecule has 0 saturated carbocycles. The minimum absolute atomic E-state index is 0. The lowest BCUT2D eigenvalue weighted by Gasteiger charge is -2.14. The minimum Gasteiger partial charge on any atom is -0.481 e. The van der Waals surface area contributed by atoms with Gasteiger partial charge in [-0.25, -0.2) is 0 Å². The summed E-state index contributed by atoms with van der Waals surface area (Å²) in [4.78, 5) is 14.8. The molecule has 1 N–H and O–H groups in total. The van der Waals surface area contributed by atoms with E-state index in [1.807, 2.05) is 0 Å². The van der Waals surface area contributed by atoms with Gasteiger partial charge in [-0.15, -0.1) is 12.4 Å². The highest BCUT2D eigenvalue weighted by atomic mass is 35.5. The van der Waals surface area contributed by atoms with Gasteiger partial charge in [0.05, 0.1) is 12.0 Å². The van der Waals surface area contributed by atoms with Gasteiger partial charge < -0.3 is 9.84 Å². The van der Waals surface area contributed by atoms with Crippen LogP contribution in [0, 0.1) is 5.92 Å². The maximum absolute atomic E-state index is 10.9. The zero-order valence-electron chi connectivity index (χ0n) is 8.00. The van der Waals surface area contributed by atoms with Crippen LogP contribution in [0.15, 0.2) is 24.5 Å². The third kappa shape index (κ3) is 2.46. The second kappa shape index (κ2) is 5.09. The molecule has 0 aliphatic carbocycles.